The van der Waals surface area contributed by atoms with Crippen molar-refractivity contribution >= 4 is 0 Å². The molecular formula is C6H4N4. The topological polar surface area (TPSA) is 71.6 Å². The number of nitriles is 2. The summed E-state index contributed by atoms with van der Waals surface area (Å²) in [4.78, 5) is 0. The molecule has 0 saturated carbocycles. The van der Waals surface area contributed by atoms with Gasteiger partial charge in [0, 0.05) is 0 Å². The van der Waals surface area contributed by atoms with Gasteiger partial charge in [-0.25, -0.2) is 0 Å². The minimum absolute atomic E-state index is 0.229. The number of hydrogen-bond donors (Lipinski definition) is 2. The van der Waals surface area contributed by atoms with Crippen molar-refractivity contribution in [1.29, 1.82) is 10.5 Å². The van der Waals surface area contributed by atoms with E-state index in [2.05, 4.69) is 17.2 Å². The van der Waals surface area contributed by atoms with Crippen LogP contribution >= 0.6 is 0 Å². The number of rotatable bonds is 0. The van der Waals surface area contributed by atoms with E-state index in [0.717, 1.165) is 0 Å². The molecule has 48 valence electrons. The zero-order valence-electron chi connectivity index (χ0n) is 5.10. The van der Waals surface area contributed by atoms with E-state index < -0.39 is 0 Å². The molecule has 1 aliphatic heterocycles. The van der Waals surface area contributed by atoms with Crippen LogP contribution in [0.3, 0.4) is 0 Å². The van der Waals surface area contributed by atoms with Crippen LogP contribution < -0.4 is 10.6 Å². The van der Waals surface area contributed by atoms with E-state index in [4.69, 9.17) is 10.5 Å². The van der Waals surface area contributed by atoms with E-state index in [0.29, 0.717) is 5.82 Å². The third kappa shape index (κ3) is 0.785. The molecule has 1 heterocycles. The third-order valence-corrected chi connectivity index (χ3v) is 1.03. The summed E-state index contributed by atoms with van der Waals surface area (Å²) in [6, 6.07) is 3.64. The predicted molar refractivity (Wildman–Crippen MR) is 33.7 cm³/mol. The summed E-state index contributed by atoms with van der Waals surface area (Å²) in [5, 5.41) is 22.0. The molecule has 0 radical (unpaired) electrons. The normalized spacial score (nSPS) is 15.2. The standard InChI is InChI=1S/C6H4N4/c1-4-9-5(2-7)6(3-8)10-4/h9-10H,1H2. The molecule has 0 fully saturated rings. The average molecular weight is 132 g/mol. The van der Waals surface area contributed by atoms with Crippen molar-refractivity contribution in [2.24, 2.45) is 0 Å². The van der Waals surface area contributed by atoms with Gasteiger partial charge in [0.1, 0.15) is 18.0 Å². The molecule has 0 bridgehead atoms. The van der Waals surface area contributed by atoms with Crippen LogP contribution in [-0.4, -0.2) is 0 Å². The molecule has 0 aliphatic carbocycles. The lowest BCUT2D eigenvalue weighted by Gasteiger charge is -1.92. The van der Waals surface area contributed by atoms with Gasteiger partial charge >= 0.3 is 0 Å². The van der Waals surface area contributed by atoms with E-state index >= 15 is 0 Å². The maximum Gasteiger partial charge on any atom is 0.153 e. The summed E-state index contributed by atoms with van der Waals surface area (Å²) >= 11 is 0. The van der Waals surface area contributed by atoms with Crippen molar-refractivity contribution in [2.75, 3.05) is 0 Å². The molecule has 10 heavy (non-hydrogen) atoms. The van der Waals surface area contributed by atoms with Gasteiger partial charge in [-0.2, -0.15) is 10.5 Å². The molecule has 0 aromatic heterocycles. The van der Waals surface area contributed by atoms with Crippen LogP contribution in [0.2, 0.25) is 0 Å². The Morgan fingerprint density at radius 1 is 1.10 bits per heavy atom. The molecule has 0 saturated heterocycles. The van der Waals surface area contributed by atoms with Crippen molar-refractivity contribution in [3.63, 3.8) is 0 Å². The smallest absolute Gasteiger partial charge is 0.153 e. The summed E-state index contributed by atoms with van der Waals surface area (Å²) < 4.78 is 0. The molecule has 2 N–H and O–H groups in total. The molecule has 4 heteroatoms. The van der Waals surface area contributed by atoms with Crippen LogP contribution in [0.4, 0.5) is 0 Å². The van der Waals surface area contributed by atoms with Crippen LogP contribution in [0, 0.1) is 22.7 Å². The Kier molecular flexibility index (Phi) is 1.31. The first-order valence-electron chi connectivity index (χ1n) is 2.55. The lowest BCUT2D eigenvalue weighted by Crippen LogP contribution is -2.10. The lowest BCUT2D eigenvalue weighted by atomic mass is 10.4. The summed E-state index contributed by atoms with van der Waals surface area (Å²) in [5.74, 6) is 0.466. The monoisotopic (exact) mass is 132 g/mol. The molecule has 0 amide bonds. The first kappa shape index (κ1) is 6.18. The van der Waals surface area contributed by atoms with Gasteiger partial charge in [-0.3, -0.25) is 0 Å². The fourth-order valence-corrected chi connectivity index (χ4v) is 0.626. The van der Waals surface area contributed by atoms with Crippen LogP contribution in [-0.2, 0) is 0 Å². The Bertz CT molecular complexity index is 258. The number of allylic oxidation sites excluding steroid dienone is 2. The average Bonchev–Trinajstić information content (AvgIpc) is 2.30. The fraction of sp³-hybridized carbons (Fsp3) is 0. The Balaban J connectivity index is 2.97. The molecule has 0 spiro atoms. The SMILES string of the molecule is C=C1NC(C#N)=C(C#N)N1. The van der Waals surface area contributed by atoms with Gasteiger partial charge in [0.2, 0.25) is 0 Å². The molecule has 0 unspecified atom stereocenters. The Hall–Kier alpha value is -1.94. The minimum Gasteiger partial charge on any atom is -0.331 e. The zero-order chi connectivity index (χ0) is 7.56. The number of nitrogens with zero attached hydrogens (tertiary/aromatic N) is 2. The highest BCUT2D eigenvalue weighted by molar-refractivity contribution is 5.42. The highest BCUT2D eigenvalue weighted by atomic mass is 15.2. The van der Waals surface area contributed by atoms with Gasteiger partial charge in [0.25, 0.3) is 0 Å². The molecule has 1 aliphatic rings. The summed E-state index contributed by atoms with van der Waals surface area (Å²) in [5.41, 5.74) is 0.458. The van der Waals surface area contributed by atoms with E-state index in [1.165, 1.54) is 0 Å². The molecule has 0 aromatic rings. The Morgan fingerprint density at radius 3 is 1.80 bits per heavy atom. The highest BCUT2D eigenvalue weighted by Gasteiger charge is 2.14. The Morgan fingerprint density at radius 2 is 1.50 bits per heavy atom. The minimum atomic E-state index is 0.229. The van der Waals surface area contributed by atoms with Crippen molar-refractivity contribution in [3.8, 4) is 12.1 Å². The number of hydrogen-bond acceptors (Lipinski definition) is 4. The molecule has 0 aromatic carbocycles. The maximum atomic E-state index is 8.38. The van der Waals surface area contributed by atoms with Crippen LogP contribution in [0.25, 0.3) is 0 Å². The van der Waals surface area contributed by atoms with Gasteiger partial charge in [-0.05, 0) is 0 Å². The lowest BCUT2D eigenvalue weighted by molar-refractivity contribution is 0.970. The highest BCUT2D eigenvalue weighted by Crippen LogP contribution is 2.05. The molecular weight excluding hydrogens is 128 g/mol. The van der Waals surface area contributed by atoms with E-state index in [1.54, 1.807) is 0 Å². The summed E-state index contributed by atoms with van der Waals surface area (Å²) in [6.07, 6.45) is 0. The second kappa shape index (κ2) is 2.12. The fourth-order valence-electron chi connectivity index (χ4n) is 0.626. The van der Waals surface area contributed by atoms with Gasteiger partial charge < -0.3 is 10.6 Å². The van der Waals surface area contributed by atoms with Crippen molar-refractivity contribution in [1.82, 2.24) is 10.6 Å². The van der Waals surface area contributed by atoms with Crippen molar-refractivity contribution in [2.45, 2.75) is 0 Å². The van der Waals surface area contributed by atoms with E-state index in [1.807, 2.05) is 12.1 Å². The van der Waals surface area contributed by atoms with Crippen molar-refractivity contribution < 1.29 is 0 Å². The molecule has 0 atom stereocenters. The first-order chi connectivity index (χ1) is 4.77. The Labute approximate surface area is 58.1 Å². The first-order valence-corrected chi connectivity index (χ1v) is 2.55. The van der Waals surface area contributed by atoms with Crippen molar-refractivity contribution in [3.05, 3.63) is 23.8 Å². The quantitative estimate of drug-likeness (QED) is 0.483. The van der Waals surface area contributed by atoms with Crippen LogP contribution in [0.1, 0.15) is 0 Å². The zero-order valence-corrected chi connectivity index (χ0v) is 5.10. The molecule has 4 nitrogen and oxygen atoms in total. The third-order valence-electron chi connectivity index (χ3n) is 1.03. The van der Waals surface area contributed by atoms with E-state index in [-0.39, 0.29) is 11.4 Å². The second-order valence-electron chi connectivity index (χ2n) is 1.70. The summed E-state index contributed by atoms with van der Waals surface area (Å²) in [7, 11) is 0. The molecule has 1 rings (SSSR count). The van der Waals surface area contributed by atoms with Gasteiger partial charge in [0.15, 0.2) is 11.4 Å². The predicted octanol–water partition coefficient (Wildman–Crippen LogP) is -0.0908. The summed E-state index contributed by atoms with van der Waals surface area (Å²) in [6.45, 7) is 3.48. The second-order valence-corrected chi connectivity index (χ2v) is 1.70. The van der Waals surface area contributed by atoms with Gasteiger partial charge in [-0.15, -0.1) is 0 Å². The van der Waals surface area contributed by atoms with Gasteiger partial charge in [-0.1, -0.05) is 6.58 Å². The van der Waals surface area contributed by atoms with Gasteiger partial charge in [0.05, 0.1) is 0 Å². The largest absolute Gasteiger partial charge is 0.331 e. The maximum absolute atomic E-state index is 8.38. The van der Waals surface area contributed by atoms with Crippen LogP contribution in [0.15, 0.2) is 23.8 Å². The number of nitrogens with one attached hydrogen (secondary N) is 2. The van der Waals surface area contributed by atoms with Crippen LogP contribution in [0.5, 0.6) is 0 Å². The van der Waals surface area contributed by atoms with E-state index in [9.17, 15) is 0 Å².